The van der Waals surface area contributed by atoms with Crippen LogP contribution in [0.25, 0.3) is 0 Å². The van der Waals surface area contributed by atoms with Crippen LogP contribution in [0.3, 0.4) is 0 Å². The Morgan fingerprint density at radius 2 is 1.83 bits per heavy atom. The highest BCUT2D eigenvalue weighted by Crippen LogP contribution is 2.60. The minimum atomic E-state index is 0.0868. The maximum Gasteiger partial charge on any atom is 0.317 e. The van der Waals surface area contributed by atoms with Crippen molar-refractivity contribution < 1.29 is 9.53 Å². The van der Waals surface area contributed by atoms with Crippen LogP contribution in [0.4, 0.5) is 4.79 Å². The molecule has 0 aromatic heterocycles. The van der Waals surface area contributed by atoms with Gasteiger partial charge in [-0.1, -0.05) is 0 Å². The molecule has 0 spiro atoms. The molecule has 23 heavy (non-hydrogen) atoms. The average molecular weight is 320 g/mol. The van der Waals surface area contributed by atoms with Crippen LogP contribution in [0.1, 0.15) is 58.3 Å². The maximum absolute atomic E-state index is 12.6. The van der Waals surface area contributed by atoms with Crippen LogP contribution < -0.4 is 5.32 Å². The van der Waals surface area contributed by atoms with Crippen LogP contribution in [-0.4, -0.2) is 43.3 Å². The number of nitrogens with one attached hydrogen (secondary N) is 1. The van der Waals surface area contributed by atoms with E-state index < -0.39 is 0 Å². The van der Waals surface area contributed by atoms with Crippen LogP contribution in [0.2, 0.25) is 0 Å². The van der Waals surface area contributed by atoms with Gasteiger partial charge in [0.15, 0.2) is 0 Å². The third-order valence-electron chi connectivity index (χ3n) is 6.96. The zero-order valence-electron chi connectivity index (χ0n) is 14.7. The van der Waals surface area contributed by atoms with Crippen molar-refractivity contribution in [3.8, 4) is 0 Å². The van der Waals surface area contributed by atoms with Gasteiger partial charge in [0.25, 0.3) is 0 Å². The van der Waals surface area contributed by atoms with Crippen LogP contribution in [0, 0.1) is 23.2 Å². The Labute approximate surface area is 140 Å². The molecule has 0 unspecified atom stereocenters. The van der Waals surface area contributed by atoms with Crippen molar-refractivity contribution >= 4 is 6.03 Å². The van der Waals surface area contributed by atoms with Crippen molar-refractivity contribution in [2.24, 2.45) is 23.2 Å². The Balaban J connectivity index is 1.34. The standard InChI is InChI=1S/C19H32N2O2/c1-13(17-4-3-5-23-17)20-18(22)21(2)12-19-9-14-6-15(10-19)8-16(7-14)11-19/h13-17H,3-12H2,1-2H3,(H,20,22)/t13-,14?,15?,16?,17-,19?/m1/s1. The van der Waals surface area contributed by atoms with Gasteiger partial charge in [-0.3, -0.25) is 0 Å². The number of nitrogens with zero attached hydrogens (tertiary/aromatic N) is 1. The van der Waals surface area contributed by atoms with E-state index in [0.717, 1.165) is 43.7 Å². The minimum absolute atomic E-state index is 0.0868. The number of carbonyl (C=O) groups excluding carboxylic acids is 1. The van der Waals surface area contributed by atoms with Gasteiger partial charge in [-0.2, -0.15) is 0 Å². The summed E-state index contributed by atoms with van der Waals surface area (Å²) in [7, 11) is 1.98. The van der Waals surface area contributed by atoms with Gasteiger partial charge in [0.05, 0.1) is 12.1 Å². The van der Waals surface area contributed by atoms with Crippen molar-refractivity contribution in [3.63, 3.8) is 0 Å². The van der Waals surface area contributed by atoms with Crippen molar-refractivity contribution in [3.05, 3.63) is 0 Å². The molecule has 4 saturated carbocycles. The molecule has 0 aromatic rings. The molecule has 4 nitrogen and oxygen atoms in total. The SMILES string of the molecule is C[C@@H](NC(=O)N(C)CC12CC3CC(CC(C3)C1)C2)[C@H]1CCCO1. The minimum Gasteiger partial charge on any atom is -0.376 e. The molecule has 2 atom stereocenters. The van der Waals surface area contributed by atoms with Gasteiger partial charge in [-0.05, 0) is 81.5 Å². The lowest BCUT2D eigenvalue weighted by molar-refractivity contribution is -0.0618. The van der Waals surface area contributed by atoms with E-state index in [1.54, 1.807) is 0 Å². The molecule has 0 aromatic carbocycles. The van der Waals surface area contributed by atoms with Crippen LogP contribution in [0.15, 0.2) is 0 Å². The van der Waals surface area contributed by atoms with Gasteiger partial charge >= 0.3 is 6.03 Å². The Hall–Kier alpha value is -0.770. The molecule has 5 aliphatic rings. The van der Waals surface area contributed by atoms with E-state index in [1.807, 2.05) is 11.9 Å². The highest BCUT2D eigenvalue weighted by molar-refractivity contribution is 5.74. The van der Waals surface area contributed by atoms with Gasteiger partial charge in [-0.25, -0.2) is 4.79 Å². The smallest absolute Gasteiger partial charge is 0.317 e. The number of hydrogen-bond donors (Lipinski definition) is 1. The fraction of sp³-hybridized carbons (Fsp3) is 0.947. The van der Waals surface area contributed by atoms with Crippen LogP contribution >= 0.6 is 0 Å². The zero-order valence-corrected chi connectivity index (χ0v) is 14.7. The summed E-state index contributed by atoms with van der Waals surface area (Å²) in [5.74, 6) is 2.84. The van der Waals surface area contributed by atoms with Crippen LogP contribution in [0.5, 0.6) is 0 Å². The second kappa shape index (κ2) is 5.94. The van der Waals surface area contributed by atoms with Gasteiger partial charge in [0, 0.05) is 20.2 Å². The molecule has 0 radical (unpaired) electrons. The van der Waals surface area contributed by atoms with Gasteiger partial charge in [-0.15, -0.1) is 0 Å². The first kappa shape index (κ1) is 15.7. The lowest BCUT2D eigenvalue weighted by Gasteiger charge is -2.57. The number of ether oxygens (including phenoxy) is 1. The number of urea groups is 1. The fourth-order valence-electron chi connectivity index (χ4n) is 6.45. The van der Waals surface area contributed by atoms with Crippen molar-refractivity contribution in [1.29, 1.82) is 0 Å². The number of carbonyl (C=O) groups is 1. The first-order valence-corrected chi connectivity index (χ1v) is 9.66. The highest BCUT2D eigenvalue weighted by atomic mass is 16.5. The summed E-state index contributed by atoms with van der Waals surface area (Å²) in [5, 5.41) is 3.17. The van der Waals surface area contributed by atoms with E-state index in [0.29, 0.717) is 5.41 Å². The molecule has 1 saturated heterocycles. The summed E-state index contributed by atoms with van der Waals surface area (Å²) in [5.41, 5.74) is 0.425. The second-order valence-corrected chi connectivity index (χ2v) is 9.06. The number of amides is 2. The molecule has 130 valence electrons. The molecule has 5 rings (SSSR count). The second-order valence-electron chi connectivity index (χ2n) is 9.06. The van der Waals surface area contributed by atoms with Gasteiger partial charge in [0.2, 0.25) is 0 Å². The molecule has 1 heterocycles. The quantitative estimate of drug-likeness (QED) is 0.862. The predicted octanol–water partition coefficient (Wildman–Crippen LogP) is 3.41. The lowest BCUT2D eigenvalue weighted by atomic mass is 9.49. The molecular weight excluding hydrogens is 288 g/mol. The Morgan fingerprint density at radius 3 is 2.35 bits per heavy atom. The highest BCUT2D eigenvalue weighted by Gasteiger charge is 2.51. The third-order valence-corrected chi connectivity index (χ3v) is 6.96. The van der Waals surface area contributed by atoms with E-state index in [-0.39, 0.29) is 18.2 Å². The van der Waals surface area contributed by atoms with Crippen molar-refractivity contribution in [2.45, 2.75) is 70.4 Å². The first-order chi connectivity index (χ1) is 11.0. The molecule has 1 aliphatic heterocycles. The van der Waals surface area contributed by atoms with Crippen molar-refractivity contribution in [1.82, 2.24) is 10.2 Å². The predicted molar refractivity (Wildman–Crippen MR) is 90.2 cm³/mol. The molecule has 4 heteroatoms. The van der Waals surface area contributed by atoms with Gasteiger partial charge < -0.3 is 15.0 Å². The van der Waals surface area contributed by atoms with E-state index in [4.69, 9.17) is 4.74 Å². The van der Waals surface area contributed by atoms with E-state index >= 15 is 0 Å². The normalized spacial score (nSPS) is 42.7. The Kier molecular flexibility index (Phi) is 4.07. The van der Waals surface area contributed by atoms with E-state index in [9.17, 15) is 4.79 Å². The van der Waals surface area contributed by atoms with Gasteiger partial charge in [0.1, 0.15) is 0 Å². The lowest BCUT2D eigenvalue weighted by Crippen LogP contribution is -2.54. The molecule has 4 bridgehead atoms. The maximum atomic E-state index is 12.6. The third kappa shape index (κ3) is 3.11. The summed E-state index contributed by atoms with van der Waals surface area (Å²) in [6.07, 6.45) is 10.9. The molecule has 5 fully saturated rings. The summed E-state index contributed by atoms with van der Waals surface area (Å²) in [6, 6.07) is 0.201. The topological polar surface area (TPSA) is 41.6 Å². The largest absolute Gasteiger partial charge is 0.376 e. The molecule has 1 N–H and O–H groups in total. The van der Waals surface area contributed by atoms with Crippen molar-refractivity contribution in [2.75, 3.05) is 20.2 Å². The summed E-state index contributed by atoms with van der Waals surface area (Å²) < 4.78 is 5.70. The van der Waals surface area contributed by atoms with E-state index in [2.05, 4.69) is 12.2 Å². The van der Waals surface area contributed by atoms with E-state index in [1.165, 1.54) is 38.5 Å². The average Bonchev–Trinajstić information content (AvgIpc) is 2.99. The first-order valence-electron chi connectivity index (χ1n) is 9.66. The summed E-state index contributed by atoms with van der Waals surface area (Å²) in [4.78, 5) is 14.6. The number of hydrogen-bond acceptors (Lipinski definition) is 2. The Morgan fingerprint density at radius 1 is 1.22 bits per heavy atom. The number of rotatable bonds is 4. The molecular formula is C19H32N2O2. The Bertz CT molecular complexity index is 423. The summed E-state index contributed by atoms with van der Waals surface area (Å²) in [6.45, 7) is 3.86. The summed E-state index contributed by atoms with van der Waals surface area (Å²) >= 11 is 0. The molecule has 4 aliphatic carbocycles. The zero-order chi connectivity index (χ0) is 16.0. The monoisotopic (exact) mass is 320 g/mol. The molecule has 2 amide bonds. The fourth-order valence-corrected chi connectivity index (χ4v) is 6.45. The van der Waals surface area contributed by atoms with Crippen LogP contribution in [-0.2, 0) is 4.74 Å².